The molecular formula is C23H20N6O2. The lowest BCUT2D eigenvalue weighted by molar-refractivity contribution is 0.122. The standard InChI is InChI=1S/C23H20N6O2/c24-9-8-16-4-6-17(7-5-16)29-15-20(26-27-29)18-2-1-3-19-21(30)14-22(25-23(18)19)28-10-12-31-13-11-28/h1-7,14-15H,8,10-13H2,(H,25,30). The van der Waals surface area contributed by atoms with Crippen molar-refractivity contribution >= 4 is 16.7 Å². The fourth-order valence-corrected chi connectivity index (χ4v) is 3.82. The molecule has 1 fully saturated rings. The Kier molecular flexibility index (Phi) is 4.94. The predicted molar refractivity (Wildman–Crippen MR) is 117 cm³/mol. The molecule has 0 radical (unpaired) electrons. The molecule has 3 heterocycles. The maximum absolute atomic E-state index is 12.8. The number of nitrogens with zero attached hydrogens (tertiary/aromatic N) is 5. The van der Waals surface area contributed by atoms with Crippen molar-refractivity contribution < 1.29 is 4.74 Å². The van der Waals surface area contributed by atoms with Gasteiger partial charge >= 0.3 is 0 Å². The third kappa shape index (κ3) is 3.67. The minimum absolute atomic E-state index is 0.0300. The van der Waals surface area contributed by atoms with Crippen molar-refractivity contribution in [3.63, 3.8) is 0 Å². The first-order valence-corrected chi connectivity index (χ1v) is 10.1. The van der Waals surface area contributed by atoms with Crippen molar-refractivity contribution in [2.24, 2.45) is 0 Å². The number of hydrogen-bond donors (Lipinski definition) is 1. The minimum Gasteiger partial charge on any atom is -0.378 e. The van der Waals surface area contributed by atoms with Crippen LogP contribution >= 0.6 is 0 Å². The highest BCUT2D eigenvalue weighted by Crippen LogP contribution is 2.26. The summed E-state index contributed by atoms with van der Waals surface area (Å²) in [6, 6.07) is 17.0. The van der Waals surface area contributed by atoms with E-state index in [9.17, 15) is 4.79 Å². The molecule has 4 aromatic rings. The van der Waals surface area contributed by atoms with Crippen molar-refractivity contribution in [1.82, 2.24) is 20.0 Å². The molecule has 1 saturated heterocycles. The van der Waals surface area contributed by atoms with Gasteiger partial charge in [0, 0.05) is 30.1 Å². The van der Waals surface area contributed by atoms with Crippen LogP contribution in [0.3, 0.4) is 0 Å². The molecule has 2 aromatic heterocycles. The Hall–Kier alpha value is -3.96. The summed E-state index contributed by atoms with van der Waals surface area (Å²) in [4.78, 5) is 18.4. The van der Waals surface area contributed by atoms with Crippen LogP contribution in [0.5, 0.6) is 0 Å². The quantitative estimate of drug-likeness (QED) is 0.553. The van der Waals surface area contributed by atoms with E-state index >= 15 is 0 Å². The minimum atomic E-state index is -0.0300. The summed E-state index contributed by atoms with van der Waals surface area (Å²) in [7, 11) is 0. The van der Waals surface area contributed by atoms with Crippen molar-refractivity contribution in [3.05, 3.63) is 70.5 Å². The molecule has 154 valence electrons. The third-order valence-electron chi connectivity index (χ3n) is 5.46. The highest BCUT2D eigenvalue weighted by Gasteiger charge is 2.16. The van der Waals surface area contributed by atoms with E-state index in [-0.39, 0.29) is 5.43 Å². The molecule has 2 aromatic carbocycles. The van der Waals surface area contributed by atoms with Gasteiger partial charge in [0.25, 0.3) is 0 Å². The number of pyridine rings is 1. The van der Waals surface area contributed by atoms with Crippen LogP contribution in [0.4, 0.5) is 5.82 Å². The average molecular weight is 412 g/mol. The summed E-state index contributed by atoms with van der Waals surface area (Å²) in [5.74, 6) is 0.786. The lowest BCUT2D eigenvalue weighted by atomic mass is 10.1. The number of hydrogen-bond acceptors (Lipinski definition) is 6. The first kappa shape index (κ1) is 19.0. The van der Waals surface area contributed by atoms with Crippen LogP contribution in [-0.4, -0.2) is 46.3 Å². The summed E-state index contributed by atoms with van der Waals surface area (Å²) in [6.45, 7) is 2.76. The number of para-hydroxylation sites is 1. The fourth-order valence-electron chi connectivity index (χ4n) is 3.82. The second kappa shape index (κ2) is 8.05. The monoisotopic (exact) mass is 412 g/mol. The summed E-state index contributed by atoms with van der Waals surface area (Å²) < 4.78 is 7.12. The number of morpholine rings is 1. The number of fused-ring (bicyclic) bond motifs is 1. The van der Waals surface area contributed by atoms with Crippen LogP contribution < -0.4 is 10.3 Å². The summed E-state index contributed by atoms with van der Waals surface area (Å²) in [6.07, 6.45) is 2.21. The molecule has 8 nitrogen and oxygen atoms in total. The number of aromatic nitrogens is 4. The molecule has 5 rings (SSSR count). The SMILES string of the molecule is N#CCc1ccc(-n2cc(-c3cccc4c(=O)cc(N5CCOCC5)[nH]c34)nn2)cc1. The number of ether oxygens (including phenoxy) is 1. The van der Waals surface area contributed by atoms with Crippen LogP contribution in [0.25, 0.3) is 27.8 Å². The lowest BCUT2D eigenvalue weighted by Crippen LogP contribution is -2.37. The Morgan fingerprint density at radius 1 is 1.13 bits per heavy atom. The van der Waals surface area contributed by atoms with Gasteiger partial charge in [-0.1, -0.05) is 29.5 Å². The first-order chi connectivity index (χ1) is 15.2. The Morgan fingerprint density at radius 3 is 2.71 bits per heavy atom. The molecule has 1 aliphatic rings. The van der Waals surface area contributed by atoms with Gasteiger partial charge < -0.3 is 14.6 Å². The maximum atomic E-state index is 12.8. The Balaban J connectivity index is 1.55. The zero-order valence-electron chi connectivity index (χ0n) is 16.8. The largest absolute Gasteiger partial charge is 0.378 e. The second-order valence-corrected chi connectivity index (χ2v) is 7.40. The van der Waals surface area contributed by atoms with Crippen LogP contribution in [0.1, 0.15) is 5.56 Å². The molecule has 0 spiro atoms. The van der Waals surface area contributed by atoms with E-state index in [1.165, 1.54) is 0 Å². The smallest absolute Gasteiger partial charge is 0.191 e. The van der Waals surface area contributed by atoms with Crippen molar-refractivity contribution in [1.29, 1.82) is 5.26 Å². The molecule has 0 amide bonds. The van der Waals surface area contributed by atoms with Gasteiger partial charge in [0.05, 0.1) is 43.1 Å². The van der Waals surface area contributed by atoms with E-state index in [1.54, 1.807) is 10.7 Å². The van der Waals surface area contributed by atoms with Crippen molar-refractivity contribution in [2.45, 2.75) is 6.42 Å². The van der Waals surface area contributed by atoms with Gasteiger partial charge in [-0.3, -0.25) is 4.79 Å². The topological polar surface area (TPSA) is 99.8 Å². The summed E-state index contributed by atoms with van der Waals surface area (Å²) >= 11 is 0. The van der Waals surface area contributed by atoms with E-state index in [4.69, 9.17) is 10.00 Å². The average Bonchev–Trinajstić information content (AvgIpc) is 3.30. The van der Waals surface area contributed by atoms with Crippen LogP contribution in [0, 0.1) is 11.3 Å². The molecule has 0 bridgehead atoms. The van der Waals surface area contributed by atoms with E-state index in [0.717, 1.165) is 41.2 Å². The van der Waals surface area contributed by atoms with E-state index in [0.29, 0.717) is 30.7 Å². The Morgan fingerprint density at radius 2 is 1.94 bits per heavy atom. The molecular weight excluding hydrogens is 392 g/mol. The number of nitrogens with one attached hydrogen (secondary N) is 1. The second-order valence-electron chi connectivity index (χ2n) is 7.40. The number of anilines is 1. The number of H-pyrrole nitrogens is 1. The zero-order chi connectivity index (χ0) is 21.2. The van der Waals surface area contributed by atoms with Gasteiger partial charge in [-0.25, -0.2) is 4.68 Å². The van der Waals surface area contributed by atoms with E-state index in [2.05, 4.69) is 26.3 Å². The van der Waals surface area contributed by atoms with Gasteiger partial charge in [-0.05, 0) is 23.8 Å². The predicted octanol–water partition coefficient (Wildman–Crippen LogP) is 2.68. The highest BCUT2D eigenvalue weighted by atomic mass is 16.5. The molecule has 1 aliphatic heterocycles. The molecule has 31 heavy (non-hydrogen) atoms. The molecule has 0 unspecified atom stereocenters. The van der Waals surface area contributed by atoms with Crippen LogP contribution in [0.2, 0.25) is 0 Å². The zero-order valence-corrected chi connectivity index (χ0v) is 16.8. The highest BCUT2D eigenvalue weighted by molar-refractivity contribution is 5.93. The number of rotatable bonds is 4. The van der Waals surface area contributed by atoms with E-state index < -0.39 is 0 Å². The van der Waals surface area contributed by atoms with Gasteiger partial charge in [0.1, 0.15) is 11.5 Å². The number of nitriles is 1. The fraction of sp³-hybridized carbons (Fsp3) is 0.217. The molecule has 0 aliphatic carbocycles. The van der Waals surface area contributed by atoms with Crippen LogP contribution in [-0.2, 0) is 11.2 Å². The summed E-state index contributed by atoms with van der Waals surface area (Å²) in [5, 5.41) is 18.1. The van der Waals surface area contributed by atoms with Crippen LogP contribution in [0.15, 0.2) is 59.5 Å². The number of aromatic amines is 1. The van der Waals surface area contributed by atoms with Crippen molar-refractivity contribution in [2.75, 3.05) is 31.2 Å². The molecule has 8 heteroatoms. The van der Waals surface area contributed by atoms with Gasteiger partial charge in [0.2, 0.25) is 0 Å². The molecule has 1 N–H and O–H groups in total. The normalized spacial score (nSPS) is 14.0. The van der Waals surface area contributed by atoms with Gasteiger partial charge in [-0.15, -0.1) is 5.10 Å². The summed E-state index contributed by atoms with van der Waals surface area (Å²) in [5.41, 5.74) is 4.00. The van der Waals surface area contributed by atoms with Gasteiger partial charge in [0.15, 0.2) is 5.43 Å². The van der Waals surface area contributed by atoms with Gasteiger partial charge in [-0.2, -0.15) is 5.26 Å². The van der Waals surface area contributed by atoms with E-state index in [1.807, 2.05) is 48.7 Å². The third-order valence-corrected chi connectivity index (χ3v) is 5.46. The van der Waals surface area contributed by atoms with Crippen molar-refractivity contribution in [3.8, 4) is 23.0 Å². The molecule has 0 saturated carbocycles. The first-order valence-electron chi connectivity index (χ1n) is 10.1. The lowest BCUT2D eigenvalue weighted by Gasteiger charge is -2.28. The maximum Gasteiger partial charge on any atom is 0.191 e. The Bertz CT molecular complexity index is 1330. The number of benzene rings is 2. The Labute approximate surface area is 178 Å². The molecule has 0 atom stereocenters.